The first-order valence-electron chi connectivity index (χ1n) is 9.99. The number of carboxylic acids is 1. The number of fused-ring (bicyclic) bond motifs is 1. The van der Waals surface area contributed by atoms with Crippen molar-refractivity contribution in [3.05, 3.63) is 53.5 Å². The van der Waals surface area contributed by atoms with Gasteiger partial charge in [0.05, 0.1) is 31.2 Å². The molecular weight excluding hydrogens is 430 g/mol. The lowest BCUT2D eigenvalue weighted by molar-refractivity contribution is -0.136. The number of aromatic carboxylic acids is 1. The van der Waals surface area contributed by atoms with Gasteiger partial charge in [0.1, 0.15) is 5.70 Å². The van der Waals surface area contributed by atoms with E-state index in [-0.39, 0.29) is 36.7 Å². The predicted molar refractivity (Wildman–Crippen MR) is 117 cm³/mol. The molecule has 170 valence electrons. The predicted octanol–water partition coefficient (Wildman–Crippen LogP) is 1.01. The van der Waals surface area contributed by atoms with Gasteiger partial charge in [-0.25, -0.2) is 19.3 Å². The van der Waals surface area contributed by atoms with Crippen molar-refractivity contribution in [3.8, 4) is 11.1 Å². The van der Waals surface area contributed by atoms with Crippen molar-refractivity contribution in [3.63, 3.8) is 0 Å². The van der Waals surface area contributed by atoms with Crippen LogP contribution in [0, 0.1) is 0 Å². The molecule has 1 amide bonds. The van der Waals surface area contributed by atoms with Crippen LogP contribution in [0.5, 0.6) is 0 Å². The van der Waals surface area contributed by atoms with Gasteiger partial charge in [0, 0.05) is 25.5 Å². The van der Waals surface area contributed by atoms with Gasteiger partial charge >= 0.3 is 11.9 Å². The van der Waals surface area contributed by atoms with E-state index in [2.05, 4.69) is 15.4 Å². The zero-order valence-corrected chi connectivity index (χ0v) is 17.9. The van der Waals surface area contributed by atoms with Crippen LogP contribution in [0.3, 0.4) is 0 Å². The number of anilines is 1. The maximum Gasteiger partial charge on any atom is 0.357 e. The summed E-state index contributed by atoms with van der Waals surface area (Å²) in [6, 6.07) is 8.66. The Kier molecular flexibility index (Phi) is 5.80. The molecule has 4 rings (SSSR count). The van der Waals surface area contributed by atoms with E-state index in [0.29, 0.717) is 22.3 Å². The molecule has 3 heterocycles. The van der Waals surface area contributed by atoms with Crippen molar-refractivity contribution in [1.82, 2.24) is 19.7 Å². The van der Waals surface area contributed by atoms with Crippen molar-refractivity contribution in [2.24, 2.45) is 7.05 Å². The van der Waals surface area contributed by atoms with Crippen LogP contribution in [0.1, 0.15) is 10.5 Å². The fourth-order valence-electron chi connectivity index (χ4n) is 3.79. The Labute approximate surface area is 187 Å². The number of methoxy groups -OCH3 is 1. The molecule has 0 fully saturated rings. The summed E-state index contributed by atoms with van der Waals surface area (Å²) in [5.74, 6) is -2.19. The number of aliphatic hydroxyl groups excluding tert-OH is 1. The molecule has 0 saturated carbocycles. The number of β-amino-alcohol motifs (C(OH)–C–C–N with tert-alkyl or cyclic N) is 1. The highest BCUT2D eigenvalue weighted by Crippen LogP contribution is 2.31. The number of ether oxygens (including phenoxy) is 1. The monoisotopic (exact) mass is 451 g/mol. The normalized spacial score (nSPS) is 13.7. The van der Waals surface area contributed by atoms with Gasteiger partial charge in [0.15, 0.2) is 11.3 Å². The van der Waals surface area contributed by atoms with Crippen LogP contribution in [0.25, 0.3) is 22.2 Å². The highest BCUT2D eigenvalue weighted by atomic mass is 16.5. The van der Waals surface area contributed by atoms with E-state index in [9.17, 15) is 24.6 Å². The molecule has 3 N–H and O–H groups in total. The Balaban J connectivity index is 1.68. The third-order valence-corrected chi connectivity index (χ3v) is 5.35. The number of nitrogens with one attached hydrogen (secondary N) is 1. The highest BCUT2D eigenvalue weighted by Gasteiger charge is 2.34. The standard InChI is InChI=1S/C22H21N5O6/c1-26-19-16(18(25-26)21(30)31)14(7-8-23-19)12-3-5-13(6-4-12)24-17-15(22(32)33-2)11-27(9-10-28)20(17)29/h3-8,24,28H,9-11H2,1-2H3,(H,30,31). The maximum atomic E-state index is 12.7. The maximum absolute atomic E-state index is 12.7. The number of benzene rings is 1. The topological polar surface area (TPSA) is 147 Å². The van der Waals surface area contributed by atoms with Crippen molar-refractivity contribution >= 4 is 34.6 Å². The average Bonchev–Trinajstić information content (AvgIpc) is 3.32. The third kappa shape index (κ3) is 3.89. The van der Waals surface area contributed by atoms with Crippen LogP contribution in [0.4, 0.5) is 5.69 Å². The second-order valence-electron chi connectivity index (χ2n) is 7.33. The molecule has 2 aromatic heterocycles. The summed E-state index contributed by atoms with van der Waals surface area (Å²) in [7, 11) is 2.87. The number of pyridine rings is 1. The number of hydrogen-bond acceptors (Lipinski definition) is 8. The second kappa shape index (κ2) is 8.71. The van der Waals surface area contributed by atoms with Gasteiger partial charge in [-0.05, 0) is 29.3 Å². The first-order chi connectivity index (χ1) is 15.8. The molecule has 11 heteroatoms. The fraction of sp³-hybridized carbons (Fsp3) is 0.227. The van der Waals surface area contributed by atoms with Crippen molar-refractivity contribution in [2.45, 2.75) is 0 Å². The van der Waals surface area contributed by atoms with Gasteiger partial charge in [-0.2, -0.15) is 5.10 Å². The number of hydrogen-bond donors (Lipinski definition) is 3. The first kappa shape index (κ1) is 22.0. The Bertz CT molecular complexity index is 1290. The molecule has 1 aromatic carbocycles. The summed E-state index contributed by atoms with van der Waals surface area (Å²) in [6.45, 7) is -0.0891. The van der Waals surface area contributed by atoms with Gasteiger partial charge < -0.3 is 25.2 Å². The minimum absolute atomic E-state index is 0.0421. The van der Waals surface area contributed by atoms with E-state index in [1.807, 2.05) is 0 Å². The number of aliphatic hydroxyl groups is 1. The Morgan fingerprint density at radius 3 is 2.58 bits per heavy atom. The van der Waals surface area contributed by atoms with E-state index in [0.717, 1.165) is 5.56 Å². The lowest BCUT2D eigenvalue weighted by Gasteiger charge is -2.15. The van der Waals surface area contributed by atoms with Crippen molar-refractivity contribution in [2.75, 3.05) is 32.1 Å². The number of nitrogens with zero attached hydrogens (tertiary/aromatic N) is 4. The second-order valence-corrected chi connectivity index (χ2v) is 7.33. The summed E-state index contributed by atoms with van der Waals surface area (Å²) in [4.78, 5) is 42.1. The molecular formula is C22H21N5O6. The summed E-state index contributed by atoms with van der Waals surface area (Å²) in [5, 5.41) is 26.2. The zero-order chi connectivity index (χ0) is 23.7. The average molecular weight is 451 g/mol. The summed E-state index contributed by atoms with van der Waals surface area (Å²) in [6.07, 6.45) is 1.58. The van der Waals surface area contributed by atoms with Crippen molar-refractivity contribution in [1.29, 1.82) is 0 Å². The smallest absolute Gasteiger partial charge is 0.357 e. The number of aryl methyl sites for hydroxylation is 1. The molecule has 0 unspecified atom stereocenters. The number of carbonyl (C=O) groups excluding carboxylic acids is 2. The summed E-state index contributed by atoms with van der Waals surface area (Å²) < 4.78 is 6.21. The minimum Gasteiger partial charge on any atom is -0.476 e. The van der Waals surface area contributed by atoms with E-state index < -0.39 is 17.8 Å². The Morgan fingerprint density at radius 2 is 1.94 bits per heavy atom. The third-order valence-electron chi connectivity index (χ3n) is 5.35. The molecule has 0 bridgehead atoms. The molecule has 33 heavy (non-hydrogen) atoms. The summed E-state index contributed by atoms with van der Waals surface area (Å²) >= 11 is 0. The first-order valence-corrected chi connectivity index (χ1v) is 9.99. The lowest BCUT2D eigenvalue weighted by Crippen LogP contribution is -2.31. The quantitative estimate of drug-likeness (QED) is 0.448. The van der Waals surface area contributed by atoms with Crippen LogP contribution >= 0.6 is 0 Å². The molecule has 0 radical (unpaired) electrons. The number of carbonyl (C=O) groups is 3. The van der Waals surface area contributed by atoms with Crippen molar-refractivity contribution < 1.29 is 29.3 Å². The van der Waals surface area contributed by atoms with Crippen LogP contribution in [0.2, 0.25) is 0 Å². The molecule has 0 aliphatic carbocycles. The van der Waals surface area contributed by atoms with Crippen LogP contribution in [-0.4, -0.2) is 74.5 Å². The van der Waals surface area contributed by atoms with Gasteiger partial charge in [-0.1, -0.05) is 12.1 Å². The van der Waals surface area contributed by atoms with Crippen LogP contribution in [-0.2, 0) is 21.4 Å². The van der Waals surface area contributed by atoms with Crippen LogP contribution in [0.15, 0.2) is 47.8 Å². The zero-order valence-electron chi connectivity index (χ0n) is 17.9. The molecule has 11 nitrogen and oxygen atoms in total. The molecule has 0 atom stereocenters. The summed E-state index contributed by atoms with van der Waals surface area (Å²) in [5.41, 5.74) is 2.55. The number of rotatable bonds is 7. The fourth-order valence-corrected chi connectivity index (χ4v) is 3.79. The Morgan fingerprint density at radius 1 is 1.21 bits per heavy atom. The van der Waals surface area contributed by atoms with Gasteiger partial charge in [0.25, 0.3) is 5.91 Å². The van der Waals surface area contributed by atoms with Gasteiger partial charge in [-0.3, -0.25) is 4.79 Å². The SMILES string of the molecule is COC(=O)C1=C(Nc2ccc(-c3ccnc4c3c(C(=O)O)nn4C)cc2)C(=O)N(CCO)C1. The minimum atomic E-state index is -1.15. The Hall–Kier alpha value is -4.25. The number of aromatic nitrogens is 3. The van der Waals surface area contributed by atoms with E-state index in [1.165, 1.54) is 16.7 Å². The highest BCUT2D eigenvalue weighted by molar-refractivity contribution is 6.09. The number of carboxylic acid groups (broad SMARTS) is 1. The van der Waals surface area contributed by atoms with Gasteiger partial charge in [-0.15, -0.1) is 0 Å². The lowest BCUT2D eigenvalue weighted by atomic mass is 10.0. The molecule has 0 saturated heterocycles. The van der Waals surface area contributed by atoms with E-state index >= 15 is 0 Å². The number of amides is 1. The van der Waals surface area contributed by atoms with Gasteiger partial charge in [0.2, 0.25) is 0 Å². The molecule has 3 aromatic rings. The molecule has 0 spiro atoms. The largest absolute Gasteiger partial charge is 0.476 e. The molecule has 1 aliphatic rings. The van der Waals surface area contributed by atoms with Crippen LogP contribution < -0.4 is 5.32 Å². The van der Waals surface area contributed by atoms with E-state index in [4.69, 9.17) is 4.74 Å². The van der Waals surface area contributed by atoms with E-state index in [1.54, 1.807) is 43.6 Å². The molecule has 1 aliphatic heterocycles. The number of esters is 1.